The lowest BCUT2D eigenvalue weighted by Gasteiger charge is -2.13. The molecule has 23 heavy (non-hydrogen) atoms. The van der Waals surface area contributed by atoms with Crippen LogP contribution in [0.3, 0.4) is 0 Å². The van der Waals surface area contributed by atoms with Gasteiger partial charge in [-0.1, -0.05) is 54.1 Å². The van der Waals surface area contributed by atoms with E-state index in [4.69, 9.17) is 0 Å². The molecule has 0 radical (unpaired) electrons. The number of hydrogen-bond donors (Lipinski definition) is 0. The fourth-order valence-electron chi connectivity index (χ4n) is 3.15. The molecule has 0 aliphatic carbocycles. The monoisotopic (exact) mass is 300 g/mol. The van der Waals surface area contributed by atoms with Crippen LogP contribution >= 0.6 is 0 Å². The standard InChI is InChI=1S/C23H24/c1-15-6-11-22(19(5)12-15)21-10-8-17(3)23(14-21)20-9-7-16(2)18(4)13-20/h6-14H,1-5H3. The average molecular weight is 300 g/mol. The van der Waals surface area contributed by atoms with Gasteiger partial charge in [0, 0.05) is 0 Å². The third kappa shape index (κ3) is 3.07. The van der Waals surface area contributed by atoms with Gasteiger partial charge in [0.05, 0.1) is 0 Å². The Kier molecular flexibility index (Phi) is 4.09. The zero-order valence-electron chi connectivity index (χ0n) is 14.7. The molecule has 0 saturated carbocycles. The molecule has 0 fully saturated rings. The molecule has 116 valence electrons. The molecular weight excluding hydrogens is 276 g/mol. The van der Waals surface area contributed by atoms with Gasteiger partial charge in [0.1, 0.15) is 0 Å². The Bertz CT molecular complexity index is 869. The lowest BCUT2D eigenvalue weighted by atomic mass is 9.92. The third-order valence-electron chi connectivity index (χ3n) is 4.75. The molecule has 0 amide bonds. The van der Waals surface area contributed by atoms with Gasteiger partial charge in [-0.2, -0.15) is 0 Å². The molecule has 0 saturated heterocycles. The van der Waals surface area contributed by atoms with E-state index in [9.17, 15) is 0 Å². The maximum Gasteiger partial charge on any atom is -0.0148 e. The van der Waals surface area contributed by atoms with Crippen molar-refractivity contribution in [1.82, 2.24) is 0 Å². The van der Waals surface area contributed by atoms with Gasteiger partial charge in [0.15, 0.2) is 0 Å². The van der Waals surface area contributed by atoms with Crippen molar-refractivity contribution in [3.63, 3.8) is 0 Å². The lowest BCUT2D eigenvalue weighted by molar-refractivity contribution is 1.33. The molecule has 0 aliphatic heterocycles. The van der Waals surface area contributed by atoms with E-state index in [0.717, 1.165) is 0 Å². The first kappa shape index (κ1) is 15.6. The Balaban J connectivity index is 2.14. The molecule has 0 spiro atoms. The summed E-state index contributed by atoms with van der Waals surface area (Å²) in [6.07, 6.45) is 0. The van der Waals surface area contributed by atoms with Gasteiger partial charge in [-0.3, -0.25) is 0 Å². The third-order valence-corrected chi connectivity index (χ3v) is 4.75. The molecule has 0 aliphatic rings. The van der Waals surface area contributed by atoms with Crippen LogP contribution in [0.4, 0.5) is 0 Å². The summed E-state index contributed by atoms with van der Waals surface area (Å²) in [7, 11) is 0. The van der Waals surface area contributed by atoms with E-state index in [1.54, 1.807) is 0 Å². The van der Waals surface area contributed by atoms with Gasteiger partial charge < -0.3 is 0 Å². The highest BCUT2D eigenvalue weighted by atomic mass is 14.1. The van der Waals surface area contributed by atoms with Crippen LogP contribution in [-0.4, -0.2) is 0 Å². The Morgan fingerprint density at radius 2 is 1.09 bits per heavy atom. The van der Waals surface area contributed by atoms with Crippen LogP contribution in [0.1, 0.15) is 27.8 Å². The summed E-state index contributed by atoms with van der Waals surface area (Å²) in [5.74, 6) is 0. The Hall–Kier alpha value is -2.34. The minimum absolute atomic E-state index is 1.29. The predicted octanol–water partition coefficient (Wildman–Crippen LogP) is 6.56. The quantitative estimate of drug-likeness (QED) is 0.502. The summed E-state index contributed by atoms with van der Waals surface area (Å²) >= 11 is 0. The summed E-state index contributed by atoms with van der Waals surface area (Å²) in [5.41, 5.74) is 11.9. The van der Waals surface area contributed by atoms with Crippen LogP contribution < -0.4 is 0 Å². The predicted molar refractivity (Wildman–Crippen MR) is 101 cm³/mol. The normalized spacial score (nSPS) is 10.8. The second-order valence-electron chi connectivity index (χ2n) is 6.65. The van der Waals surface area contributed by atoms with E-state index in [1.165, 1.54) is 50.1 Å². The highest BCUT2D eigenvalue weighted by Crippen LogP contribution is 2.32. The van der Waals surface area contributed by atoms with Crippen molar-refractivity contribution in [3.05, 3.63) is 82.4 Å². The van der Waals surface area contributed by atoms with Crippen molar-refractivity contribution in [2.75, 3.05) is 0 Å². The Morgan fingerprint density at radius 1 is 0.435 bits per heavy atom. The van der Waals surface area contributed by atoms with Crippen molar-refractivity contribution >= 4 is 0 Å². The minimum atomic E-state index is 1.29. The topological polar surface area (TPSA) is 0 Å². The summed E-state index contributed by atoms with van der Waals surface area (Å²) in [6.45, 7) is 10.9. The van der Waals surface area contributed by atoms with Crippen molar-refractivity contribution in [1.29, 1.82) is 0 Å². The van der Waals surface area contributed by atoms with Crippen LogP contribution in [0.2, 0.25) is 0 Å². The smallest absolute Gasteiger partial charge is 0.0148 e. The van der Waals surface area contributed by atoms with E-state index in [0.29, 0.717) is 0 Å². The lowest BCUT2D eigenvalue weighted by Crippen LogP contribution is -1.90. The molecule has 3 aromatic carbocycles. The first-order valence-corrected chi connectivity index (χ1v) is 8.21. The minimum Gasteiger partial charge on any atom is -0.0587 e. The van der Waals surface area contributed by atoms with Crippen LogP contribution in [0.15, 0.2) is 54.6 Å². The van der Waals surface area contributed by atoms with Gasteiger partial charge in [-0.25, -0.2) is 0 Å². The largest absolute Gasteiger partial charge is 0.0587 e. The van der Waals surface area contributed by atoms with Crippen LogP contribution in [0.25, 0.3) is 22.3 Å². The molecular formula is C23H24. The SMILES string of the molecule is Cc1ccc(-c2ccc(C)c(-c3ccc(C)c(C)c3)c2)c(C)c1. The first-order chi connectivity index (χ1) is 11.0. The molecule has 0 nitrogen and oxygen atoms in total. The molecule has 0 atom stereocenters. The fourth-order valence-corrected chi connectivity index (χ4v) is 3.15. The van der Waals surface area contributed by atoms with Crippen LogP contribution in [-0.2, 0) is 0 Å². The second kappa shape index (κ2) is 6.04. The number of rotatable bonds is 2. The Morgan fingerprint density at radius 3 is 1.74 bits per heavy atom. The van der Waals surface area contributed by atoms with E-state index < -0.39 is 0 Å². The number of benzene rings is 3. The maximum atomic E-state index is 2.33. The molecule has 0 heteroatoms. The molecule has 0 aromatic heterocycles. The van der Waals surface area contributed by atoms with Crippen LogP contribution in [0.5, 0.6) is 0 Å². The molecule has 0 unspecified atom stereocenters. The van der Waals surface area contributed by atoms with E-state index in [2.05, 4.69) is 89.2 Å². The van der Waals surface area contributed by atoms with Crippen molar-refractivity contribution in [2.45, 2.75) is 34.6 Å². The van der Waals surface area contributed by atoms with Crippen molar-refractivity contribution in [3.8, 4) is 22.3 Å². The zero-order chi connectivity index (χ0) is 16.6. The maximum absolute atomic E-state index is 2.33. The molecule has 3 rings (SSSR count). The van der Waals surface area contributed by atoms with Gasteiger partial charge in [0.2, 0.25) is 0 Å². The van der Waals surface area contributed by atoms with Crippen LogP contribution in [0, 0.1) is 34.6 Å². The zero-order valence-corrected chi connectivity index (χ0v) is 14.7. The molecule has 3 aromatic rings. The summed E-state index contributed by atoms with van der Waals surface area (Å²) < 4.78 is 0. The summed E-state index contributed by atoms with van der Waals surface area (Å²) in [5, 5.41) is 0. The molecule has 0 bridgehead atoms. The van der Waals surface area contributed by atoms with Gasteiger partial charge >= 0.3 is 0 Å². The van der Waals surface area contributed by atoms with Gasteiger partial charge in [0.25, 0.3) is 0 Å². The highest BCUT2D eigenvalue weighted by Gasteiger charge is 2.08. The fraction of sp³-hybridized carbons (Fsp3) is 0.217. The number of hydrogen-bond acceptors (Lipinski definition) is 0. The van der Waals surface area contributed by atoms with Crippen molar-refractivity contribution in [2.24, 2.45) is 0 Å². The average Bonchev–Trinajstić information content (AvgIpc) is 2.51. The number of aryl methyl sites for hydroxylation is 5. The molecule has 0 N–H and O–H groups in total. The van der Waals surface area contributed by atoms with Gasteiger partial charge in [-0.15, -0.1) is 0 Å². The first-order valence-electron chi connectivity index (χ1n) is 8.21. The highest BCUT2D eigenvalue weighted by molar-refractivity contribution is 5.77. The van der Waals surface area contributed by atoms with E-state index >= 15 is 0 Å². The Labute approximate surface area is 139 Å². The van der Waals surface area contributed by atoms with Gasteiger partial charge in [-0.05, 0) is 85.2 Å². The van der Waals surface area contributed by atoms with Crippen molar-refractivity contribution < 1.29 is 0 Å². The molecule has 0 heterocycles. The van der Waals surface area contributed by atoms with E-state index in [-0.39, 0.29) is 0 Å². The summed E-state index contributed by atoms with van der Waals surface area (Å²) in [4.78, 5) is 0. The second-order valence-corrected chi connectivity index (χ2v) is 6.65. The summed E-state index contributed by atoms with van der Waals surface area (Å²) in [6, 6.07) is 20.2. The van der Waals surface area contributed by atoms with E-state index in [1.807, 2.05) is 0 Å².